The third-order valence-electron chi connectivity index (χ3n) is 5.20. The van der Waals surface area contributed by atoms with Gasteiger partial charge in [-0.15, -0.1) is 0 Å². The van der Waals surface area contributed by atoms with Crippen LogP contribution in [0.2, 0.25) is 5.02 Å². The van der Waals surface area contributed by atoms with Crippen molar-refractivity contribution < 1.29 is 0 Å². The van der Waals surface area contributed by atoms with Crippen molar-refractivity contribution in [3.05, 3.63) is 101 Å². The van der Waals surface area contributed by atoms with Gasteiger partial charge in [-0.2, -0.15) is 5.10 Å². The van der Waals surface area contributed by atoms with Gasteiger partial charge in [0, 0.05) is 29.5 Å². The Balaban J connectivity index is 1.51. The van der Waals surface area contributed by atoms with Crippen LogP contribution < -0.4 is 5.32 Å². The fourth-order valence-corrected chi connectivity index (χ4v) is 4.08. The molecule has 2 heterocycles. The van der Waals surface area contributed by atoms with Gasteiger partial charge < -0.3 is 5.32 Å². The van der Waals surface area contributed by atoms with Gasteiger partial charge in [-0.25, -0.2) is 5.01 Å². The van der Waals surface area contributed by atoms with Crippen LogP contribution in [0, 0.1) is 0 Å². The molecule has 1 aliphatic heterocycles. The first-order valence-electron chi connectivity index (χ1n) is 9.87. The minimum absolute atomic E-state index is 0.0548. The third-order valence-corrected chi connectivity index (χ3v) is 5.74. The Hall–Kier alpha value is -3.35. The van der Waals surface area contributed by atoms with E-state index in [9.17, 15) is 0 Å². The maximum atomic E-state index is 6.07. The van der Waals surface area contributed by atoms with Crippen LogP contribution in [-0.2, 0) is 0 Å². The monoisotopic (exact) mass is 443 g/mol. The Bertz CT molecular complexity index is 1270. The van der Waals surface area contributed by atoms with Crippen LogP contribution in [0.1, 0.15) is 23.6 Å². The Morgan fingerprint density at radius 2 is 1.68 bits per heavy atom. The molecule has 152 valence electrons. The Kier molecular flexibility index (Phi) is 5.32. The van der Waals surface area contributed by atoms with Crippen LogP contribution in [0.3, 0.4) is 0 Å². The van der Waals surface area contributed by atoms with Crippen molar-refractivity contribution in [2.75, 3.05) is 5.32 Å². The average Bonchev–Trinajstić information content (AvgIpc) is 3.26. The van der Waals surface area contributed by atoms with Gasteiger partial charge in [0.05, 0.1) is 22.8 Å². The summed E-state index contributed by atoms with van der Waals surface area (Å²) < 4.78 is 0. The number of nitrogens with one attached hydrogen (secondary N) is 1. The van der Waals surface area contributed by atoms with Crippen LogP contribution in [-0.4, -0.2) is 25.8 Å². The van der Waals surface area contributed by atoms with Gasteiger partial charge in [-0.1, -0.05) is 48.0 Å². The van der Waals surface area contributed by atoms with E-state index >= 15 is 0 Å². The molecule has 0 saturated carbocycles. The summed E-state index contributed by atoms with van der Waals surface area (Å²) in [6.45, 7) is 0. The highest BCUT2D eigenvalue weighted by atomic mass is 35.5. The normalized spacial score (nSPS) is 15.7. The summed E-state index contributed by atoms with van der Waals surface area (Å²) in [7, 11) is 0. The molecule has 0 bridgehead atoms. The summed E-state index contributed by atoms with van der Waals surface area (Å²) in [5.74, 6) is 0. The molecular formula is C24H18ClN5S. The van der Waals surface area contributed by atoms with Crippen molar-refractivity contribution in [3.8, 4) is 0 Å². The molecule has 7 heteroatoms. The number of fused-ring (bicyclic) bond motifs is 1. The first-order chi connectivity index (χ1) is 15.2. The maximum absolute atomic E-state index is 6.07. The lowest BCUT2D eigenvalue weighted by atomic mass is 9.98. The second-order valence-corrected chi connectivity index (χ2v) is 8.04. The van der Waals surface area contributed by atoms with Crippen molar-refractivity contribution in [2.24, 2.45) is 5.10 Å². The third kappa shape index (κ3) is 4.13. The van der Waals surface area contributed by atoms with Gasteiger partial charge >= 0.3 is 0 Å². The zero-order valence-electron chi connectivity index (χ0n) is 16.4. The molecule has 0 saturated heterocycles. The van der Waals surface area contributed by atoms with E-state index in [0.29, 0.717) is 16.6 Å². The molecule has 1 aromatic heterocycles. The average molecular weight is 444 g/mol. The molecule has 0 spiro atoms. The number of para-hydroxylation sites is 1. The summed E-state index contributed by atoms with van der Waals surface area (Å²) in [5, 5.41) is 11.3. The molecular weight excluding hydrogens is 426 g/mol. The zero-order valence-corrected chi connectivity index (χ0v) is 18.0. The maximum Gasteiger partial charge on any atom is 0.194 e. The number of halogens is 1. The number of rotatable bonds is 3. The number of aromatic nitrogens is 2. The summed E-state index contributed by atoms with van der Waals surface area (Å²) in [4.78, 5) is 8.83. The van der Waals surface area contributed by atoms with E-state index in [1.54, 1.807) is 12.4 Å². The second kappa shape index (κ2) is 8.41. The van der Waals surface area contributed by atoms with Crippen LogP contribution in [0.15, 0.2) is 90.3 Å². The number of benzene rings is 3. The molecule has 0 aliphatic carbocycles. The molecule has 5 rings (SSSR count). The van der Waals surface area contributed by atoms with E-state index in [4.69, 9.17) is 28.9 Å². The highest BCUT2D eigenvalue weighted by Crippen LogP contribution is 2.34. The van der Waals surface area contributed by atoms with Crippen molar-refractivity contribution in [2.45, 2.75) is 12.5 Å². The molecule has 1 aliphatic rings. The van der Waals surface area contributed by atoms with E-state index in [1.165, 1.54) is 0 Å². The van der Waals surface area contributed by atoms with E-state index in [1.807, 2.05) is 65.7 Å². The molecule has 0 radical (unpaired) electrons. The molecule has 4 aromatic rings. The van der Waals surface area contributed by atoms with Crippen molar-refractivity contribution in [1.82, 2.24) is 15.0 Å². The highest BCUT2D eigenvalue weighted by Gasteiger charge is 2.31. The quantitative estimate of drug-likeness (QED) is 0.403. The van der Waals surface area contributed by atoms with Gasteiger partial charge in [-0.05, 0) is 59.7 Å². The van der Waals surface area contributed by atoms with Gasteiger partial charge in [0.1, 0.15) is 0 Å². The molecule has 3 aromatic carbocycles. The lowest BCUT2D eigenvalue weighted by Crippen LogP contribution is -2.31. The number of thiocarbonyl (C=S) groups is 1. The van der Waals surface area contributed by atoms with Gasteiger partial charge in [0.25, 0.3) is 0 Å². The Morgan fingerprint density at radius 3 is 2.45 bits per heavy atom. The van der Waals surface area contributed by atoms with Crippen molar-refractivity contribution in [1.29, 1.82) is 0 Å². The zero-order chi connectivity index (χ0) is 21.2. The number of hydrazone groups is 1. The molecule has 1 N–H and O–H groups in total. The first kappa shape index (κ1) is 19.6. The van der Waals surface area contributed by atoms with E-state index < -0.39 is 0 Å². The summed E-state index contributed by atoms with van der Waals surface area (Å²) in [6.07, 6.45) is 4.12. The predicted octanol–water partition coefficient (Wildman–Crippen LogP) is 5.83. The predicted molar refractivity (Wildman–Crippen MR) is 129 cm³/mol. The van der Waals surface area contributed by atoms with Gasteiger partial charge in [0.2, 0.25) is 0 Å². The fourth-order valence-electron chi connectivity index (χ4n) is 3.66. The number of anilines is 1. The topological polar surface area (TPSA) is 53.4 Å². The number of hydrogen-bond acceptors (Lipinski definition) is 4. The largest absolute Gasteiger partial charge is 0.331 e. The summed E-state index contributed by atoms with van der Waals surface area (Å²) >= 11 is 11.8. The highest BCUT2D eigenvalue weighted by molar-refractivity contribution is 7.80. The molecule has 1 atom stereocenters. The van der Waals surface area contributed by atoms with Crippen LogP contribution in [0.4, 0.5) is 5.69 Å². The molecule has 31 heavy (non-hydrogen) atoms. The van der Waals surface area contributed by atoms with E-state index in [2.05, 4.69) is 27.4 Å². The minimum atomic E-state index is -0.0548. The van der Waals surface area contributed by atoms with E-state index in [0.717, 1.165) is 33.6 Å². The Morgan fingerprint density at radius 1 is 0.935 bits per heavy atom. The lowest BCUT2D eigenvalue weighted by Gasteiger charge is -2.25. The standard InChI is InChI=1S/C24H18ClN5S/c25-18-9-6-16(7-10-18)21-15-23(17-8-11-20-22(14-17)27-13-12-26-20)30(29-21)24(31)28-19-4-2-1-3-5-19/h1-14,23H,15H2,(H,28,31)/t23-/m1/s1. The molecule has 0 unspecified atom stereocenters. The number of nitrogens with zero attached hydrogens (tertiary/aromatic N) is 4. The smallest absolute Gasteiger partial charge is 0.194 e. The Labute approximate surface area is 190 Å². The first-order valence-corrected chi connectivity index (χ1v) is 10.7. The van der Waals surface area contributed by atoms with Crippen LogP contribution >= 0.6 is 23.8 Å². The SMILES string of the molecule is S=C(Nc1ccccc1)N1N=C(c2ccc(Cl)cc2)C[C@@H]1c1ccc2nccnc2c1. The van der Waals surface area contributed by atoms with Crippen LogP contribution in [0.5, 0.6) is 0 Å². The van der Waals surface area contributed by atoms with Crippen LogP contribution in [0.25, 0.3) is 11.0 Å². The van der Waals surface area contributed by atoms with Crippen molar-refractivity contribution in [3.63, 3.8) is 0 Å². The summed E-state index contributed by atoms with van der Waals surface area (Å²) in [6, 6.07) is 23.7. The fraction of sp³-hybridized carbons (Fsp3) is 0.0833. The van der Waals surface area contributed by atoms with E-state index in [-0.39, 0.29) is 6.04 Å². The number of hydrogen-bond donors (Lipinski definition) is 1. The molecule has 0 fully saturated rings. The minimum Gasteiger partial charge on any atom is -0.331 e. The molecule has 5 nitrogen and oxygen atoms in total. The lowest BCUT2D eigenvalue weighted by molar-refractivity contribution is 0.376. The summed E-state index contributed by atoms with van der Waals surface area (Å²) in [5.41, 5.74) is 5.70. The molecule has 0 amide bonds. The van der Waals surface area contributed by atoms with Crippen molar-refractivity contribution >= 4 is 51.4 Å². The second-order valence-electron chi connectivity index (χ2n) is 7.22. The van der Waals surface area contributed by atoms with Gasteiger partial charge in [-0.3, -0.25) is 9.97 Å². The van der Waals surface area contributed by atoms with Gasteiger partial charge in [0.15, 0.2) is 5.11 Å².